The van der Waals surface area contributed by atoms with Crippen LogP contribution in [0, 0.1) is 0 Å². The second kappa shape index (κ2) is 3.89. The van der Waals surface area contributed by atoms with Crippen LogP contribution in [-0.2, 0) is 12.8 Å². The van der Waals surface area contributed by atoms with Gasteiger partial charge in [-0.3, -0.25) is 0 Å². The number of fused-ring (bicyclic) bond motifs is 3. The molecule has 0 aliphatic heterocycles. The van der Waals surface area contributed by atoms with E-state index < -0.39 is 0 Å². The molecule has 0 amide bonds. The highest BCUT2D eigenvalue weighted by Crippen LogP contribution is 2.39. The average molecular weight is 251 g/mol. The minimum Gasteiger partial charge on any atom is -0.382 e. The third kappa shape index (κ3) is 1.50. The zero-order chi connectivity index (χ0) is 11.1. The molecule has 0 fully saturated rings. The zero-order valence-corrected chi connectivity index (χ0v) is 10.7. The lowest BCUT2D eigenvalue weighted by Gasteiger charge is -2.01. The Morgan fingerprint density at radius 1 is 1.38 bits per heavy atom. The Bertz CT molecular complexity index is 548. The number of hydrogen-bond donors (Lipinski definition) is 1. The fraction of sp³-hybridized carbons (Fsp3) is 0.455. The summed E-state index contributed by atoms with van der Waals surface area (Å²) in [5, 5.41) is 0.819. The summed E-state index contributed by atoms with van der Waals surface area (Å²) < 4.78 is 1.09. The van der Waals surface area contributed by atoms with E-state index in [2.05, 4.69) is 16.9 Å². The number of anilines is 1. The van der Waals surface area contributed by atoms with Crippen molar-refractivity contribution in [2.75, 3.05) is 11.5 Å². The fourth-order valence-corrected chi connectivity index (χ4v) is 3.96. The molecule has 2 aromatic rings. The number of thiophene rings is 1. The van der Waals surface area contributed by atoms with Gasteiger partial charge in [0.1, 0.15) is 5.82 Å². The van der Waals surface area contributed by atoms with Crippen LogP contribution in [0.1, 0.15) is 23.8 Å². The SMILES string of the molecule is CCSc1nc(N)c2sc3c(c2n1)CCC3. The van der Waals surface area contributed by atoms with Gasteiger partial charge in [-0.1, -0.05) is 18.7 Å². The Morgan fingerprint density at radius 3 is 3.06 bits per heavy atom. The van der Waals surface area contributed by atoms with Crippen molar-refractivity contribution < 1.29 is 0 Å². The summed E-state index contributed by atoms with van der Waals surface area (Å²) in [4.78, 5) is 10.5. The van der Waals surface area contributed by atoms with Gasteiger partial charge in [0.05, 0.1) is 10.2 Å². The minimum absolute atomic E-state index is 0.653. The van der Waals surface area contributed by atoms with Crippen LogP contribution in [0.15, 0.2) is 5.16 Å². The van der Waals surface area contributed by atoms with Crippen molar-refractivity contribution >= 4 is 39.1 Å². The van der Waals surface area contributed by atoms with E-state index in [1.54, 1.807) is 23.1 Å². The quantitative estimate of drug-likeness (QED) is 0.658. The number of nitrogen functional groups attached to an aromatic ring is 1. The van der Waals surface area contributed by atoms with E-state index >= 15 is 0 Å². The summed E-state index contributed by atoms with van der Waals surface area (Å²) in [5.74, 6) is 1.64. The van der Waals surface area contributed by atoms with E-state index in [4.69, 9.17) is 5.73 Å². The highest BCUT2D eigenvalue weighted by atomic mass is 32.2. The van der Waals surface area contributed by atoms with Gasteiger partial charge in [-0.05, 0) is 30.6 Å². The van der Waals surface area contributed by atoms with E-state index in [1.807, 2.05) is 0 Å². The lowest BCUT2D eigenvalue weighted by atomic mass is 10.2. The van der Waals surface area contributed by atoms with Crippen LogP contribution < -0.4 is 5.73 Å². The van der Waals surface area contributed by atoms with Gasteiger partial charge in [0.25, 0.3) is 0 Å². The van der Waals surface area contributed by atoms with Crippen LogP contribution in [-0.4, -0.2) is 15.7 Å². The predicted molar refractivity (Wildman–Crippen MR) is 70.3 cm³/mol. The molecule has 0 atom stereocenters. The molecule has 16 heavy (non-hydrogen) atoms. The Hall–Kier alpha value is -0.810. The average Bonchev–Trinajstić information content (AvgIpc) is 2.80. The third-order valence-corrected chi connectivity index (χ3v) is 4.86. The molecule has 0 bridgehead atoms. The highest BCUT2D eigenvalue weighted by Gasteiger charge is 2.20. The number of nitrogens with zero attached hydrogens (tertiary/aromatic N) is 2. The van der Waals surface area contributed by atoms with Crippen molar-refractivity contribution in [2.45, 2.75) is 31.3 Å². The van der Waals surface area contributed by atoms with E-state index in [1.165, 1.54) is 23.3 Å². The molecule has 0 radical (unpaired) electrons. The Balaban J connectivity index is 2.23. The summed E-state index contributed by atoms with van der Waals surface area (Å²) in [6.45, 7) is 2.10. The zero-order valence-electron chi connectivity index (χ0n) is 9.12. The maximum atomic E-state index is 5.99. The molecule has 2 heterocycles. The monoisotopic (exact) mass is 251 g/mol. The van der Waals surface area contributed by atoms with Crippen molar-refractivity contribution in [1.82, 2.24) is 9.97 Å². The molecule has 1 aliphatic rings. The van der Waals surface area contributed by atoms with Crippen molar-refractivity contribution in [3.63, 3.8) is 0 Å². The molecule has 3 nitrogen and oxygen atoms in total. The topological polar surface area (TPSA) is 51.8 Å². The highest BCUT2D eigenvalue weighted by molar-refractivity contribution is 7.99. The summed E-state index contributed by atoms with van der Waals surface area (Å²) >= 11 is 3.44. The molecule has 2 aromatic heterocycles. The molecule has 0 saturated heterocycles. The molecule has 0 unspecified atom stereocenters. The molecular weight excluding hydrogens is 238 g/mol. The largest absolute Gasteiger partial charge is 0.382 e. The van der Waals surface area contributed by atoms with Crippen LogP contribution in [0.4, 0.5) is 5.82 Å². The number of nitrogens with two attached hydrogens (primary N) is 1. The second-order valence-corrected chi connectivity index (χ2v) is 6.20. The predicted octanol–water partition coefficient (Wildman–Crippen LogP) is 2.87. The molecule has 1 aliphatic carbocycles. The van der Waals surface area contributed by atoms with Crippen LogP contribution in [0.5, 0.6) is 0 Å². The van der Waals surface area contributed by atoms with Crippen molar-refractivity contribution in [3.05, 3.63) is 10.4 Å². The fourth-order valence-electron chi connectivity index (χ4n) is 2.15. The first-order chi connectivity index (χ1) is 7.79. The number of rotatable bonds is 2. The van der Waals surface area contributed by atoms with Gasteiger partial charge in [-0.25, -0.2) is 9.97 Å². The summed E-state index contributed by atoms with van der Waals surface area (Å²) in [5.41, 5.74) is 8.53. The second-order valence-electron chi connectivity index (χ2n) is 3.86. The molecule has 3 rings (SSSR count). The lowest BCUT2D eigenvalue weighted by molar-refractivity contribution is 0.913. The first-order valence-electron chi connectivity index (χ1n) is 5.50. The molecular formula is C11H13N3S2. The summed E-state index contributed by atoms with van der Waals surface area (Å²) in [7, 11) is 0. The van der Waals surface area contributed by atoms with E-state index in [9.17, 15) is 0 Å². The smallest absolute Gasteiger partial charge is 0.190 e. The maximum absolute atomic E-state index is 5.99. The van der Waals surface area contributed by atoms with Gasteiger partial charge in [0.2, 0.25) is 0 Å². The van der Waals surface area contributed by atoms with E-state index in [0.29, 0.717) is 5.82 Å². The number of thioether (sulfide) groups is 1. The van der Waals surface area contributed by atoms with Gasteiger partial charge in [-0.15, -0.1) is 11.3 Å². The normalized spacial score (nSPS) is 14.6. The van der Waals surface area contributed by atoms with Gasteiger partial charge >= 0.3 is 0 Å². The number of aryl methyl sites for hydroxylation is 2. The number of hydrogen-bond acceptors (Lipinski definition) is 5. The lowest BCUT2D eigenvalue weighted by Crippen LogP contribution is -1.96. The van der Waals surface area contributed by atoms with Crippen LogP contribution in [0.3, 0.4) is 0 Å². The molecule has 0 saturated carbocycles. The van der Waals surface area contributed by atoms with Gasteiger partial charge in [0, 0.05) is 4.88 Å². The molecule has 2 N–H and O–H groups in total. The summed E-state index contributed by atoms with van der Waals surface area (Å²) in [6.07, 6.45) is 3.60. The summed E-state index contributed by atoms with van der Waals surface area (Å²) in [6, 6.07) is 0. The minimum atomic E-state index is 0.653. The van der Waals surface area contributed by atoms with E-state index in [0.717, 1.165) is 27.5 Å². The van der Waals surface area contributed by atoms with Gasteiger partial charge < -0.3 is 5.73 Å². The maximum Gasteiger partial charge on any atom is 0.190 e. The molecule has 0 spiro atoms. The Morgan fingerprint density at radius 2 is 2.25 bits per heavy atom. The molecule has 84 valence electrons. The Labute approximate surface area is 102 Å². The molecule has 5 heteroatoms. The van der Waals surface area contributed by atoms with Crippen molar-refractivity contribution in [2.24, 2.45) is 0 Å². The first kappa shape index (κ1) is 10.4. The van der Waals surface area contributed by atoms with Gasteiger partial charge in [-0.2, -0.15) is 0 Å². The van der Waals surface area contributed by atoms with Crippen molar-refractivity contribution in [3.8, 4) is 0 Å². The first-order valence-corrected chi connectivity index (χ1v) is 7.30. The van der Waals surface area contributed by atoms with E-state index in [-0.39, 0.29) is 0 Å². The number of aromatic nitrogens is 2. The Kier molecular flexibility index (Phi) is 2.52. The van der Waals surface area contributed by atoms with Crippen LogP contribution >= 0.6 is 23.1 Å². The third-order valence-electron chi connectivity index (χ3n) is 2.82. The standard InChI is InChI=1S/C11H13N3S2/c1-2-15-11-13-8-6-4-3-5-7(6)16-9(8)10(12)14-11/h2-5H2,1H3,(H2,12,13,14). The van der Waals surface area contributed by atoms with Crippen LogP contribution in [0.25, 0.3) is 10.2 Å². The molecule has 0 aromatic carbocycles. The van der Waals surface area contributed by atoms with Gasteiger partial charge in [0.15, 0.2) is 5.16 Å². The van der Waals surface area contributed by atoms with Crippen LogP contribution in [0.2, 0.25) is 0 Å². The van der Waals surface area contributed by atoms with Crippen molar-refractivity contribution in [1.29, 1.82) is 0 Å².